The summed E-state index contributed by atoms with van der Waals surface area (Å²) in [6.45, 7) is 3.43. The second kappa shape index (κ2) is 7.45. The minimum absolute atomic E-state index is 0.0434. The van der Waals surface area contributed by atoms with Gasteiger partial charge in [0.1, 0.15) is 11.9 Å². The molecule has 30 heavy (non-hydrogen) atoms. The lowest BCUT2D eigenvalue weighted by atomic mass is 10.00. The average molecular weight is 427 g/mol. The Morgan fingerprint density at radius 1 is 1.30 bits per heavy atom. The Bertz CT molecular complexity index is 1050. The minimum Gasteiger partial charge on any atom is -0.367 e. The third kappa shape index (κ3) is 3.07. The van der Waals surface area contributed by atoms with Crippen molar-refractivity contribution >= 4 is 23.4 Å². The number of amides is 2. The number of hydrazine groups is 1. The SMILES string of the molecule is CCn1nccc1C(=O)N1CCC2=C(C1)C(=O)N1NC(c3ccccc3Cl)CC1N2. The van der Waals surface area contributed by atoms with E-state index in [0.29, 0.717) is 35.8 Å². The van der Waals surface area contributed by atoms with Gasteiger partial charge in [0.25, 0.3) is 11.8 Å². The number of nitrogens with zero attached hydrogens (tertiary/aromatic N) is 4. The van der Waals surface area contributed by atoms with Gasteiger partial charge in [0.2, 0.25) is 0 Å². The molecule has 1 aromatic carbocycles. The molecule has 0 aliphatic carbocycles. The highest BCUT2D eigenvalue weighted by Crippen LogP contribution is 2.35. The van der Waals surface area contributed by atoms with Gasteiger partial charge in [-0.2, -0.15) is 5.10 Å². The van der Waals surface area contributed by atoms with E-state index in [1.165, 1.54) is 0 Å². The molecule has 3 aliphatic rings. The highest BCUT2D eigenvalue weighted by atomic mass is 35.5. The van der Waals surface area contributed by atoms with E-state index in [9.17, 15) is 9.59 Å². The number of hydrogen-bond acceptors (Lipinski definition) is 5. The number of carbonyl (C=O) groups is 2. The van der Waals surface area contributed by atoms with E-state index >= 15 is 0 Å². The first-order valence-corrected chi connectivity index (χ1v) is 10.6. The van der Waals surface area contributed by atoms with Crippen LogP contribution in [0.15, 0.2) is 47.8 Å². The van der Waals surface area contributed by atoms with Crippen molar-refractivity contribution in [2.24, 2.45) is 0 Å². The van der Waals surface area contributed by atoms with Crippen molar-refractivity contribution in [3.05, 3.63) is 64.1 Å². The summed E-state index contributed by atoms with van der Waals surface area (Å²) in [7, 11) is 0. The molecule has 5 rings (SSSR count). The third-order valence-electron chi connectivity index (χ3n) is 6.03. The van der Waals surface area contributed by atoms with Crippen molar-refractivity contribution in [2.75, 3.05) is 13.1 Å². The molecule has 2 N–H and O–H groups in total. The van der Waals surface area contributed by atoms with Crippen LogP contribution in [0, 0.1) is 0 Å². The number of rotatable bonds is 3. The lowest BCUT2D eigenvalue weighted by Crippen LogP contribution is -2.57. The molecule has 0 saturated carbocycles. The fourth-order valence-electron chi connectivity index (χ4n) is 4.48. The number of aryl methyl sites for hydroxylation is 1. The van der Waals surface area contributed by atoms with Crippen molar-refractivity contribution in [3.63, 3.8) is 0 Å². The van der Waals surface area contributed by atoms with E-state index in [0.717, 1.165) is 17.7 Å². The van der Waals surface area contributed by atoms with Gasteiger partial charge in [0, 0.05) is 42.8 Å². The lowest BCUT2D eigenvalue weighted by Gasteiger charge is -2.39. The zero-order valence-corrected chi connectivity index (χ0v) is 17.4. The fraction of sp³-hybridized carbons (Fsp3) is 0.381. The molecule has 1 fully saturated rings. The summed E-state index contributed by atoms with van der Waals surface area (Å²) < 4.78 is 1.68. The number of benzene rings is 1. The molecular weight excluding hydrogens is 404 g/mol. The van der Waals surface area contributed by atoms with Crippen molar-refractivity contribution in [1.82, 2.24) is 30.4 Å². The summed E-state index contributed by atoms with van der Waals surface area (Å²) in [4.78, 5) is 28.0. The normalized spacial score (nSPS) is 23.3. The number of carbonyl (C=O) groups excluding carboxylic acids is 2. The topological polar surface area (TPSA) is 82.5 Å². The molecule has 3 aliphatic heterocycles. The number of nitrogens with one attached hydrogen (secondary N) is 2. The highest BCUT2D eigenvalue weighted by Gasteiger charge is 2.43. The predicted octanol–water partition coefficient (Wildman–Crippen LogP) is 2.06. The molecule has 1 aromatic heterocycles. The maximum atomic E-state index is 13.3. The van der Waals surface area contributed by atoms with E-state index < -0.39 is 0 Å². The van der Waals surface area contributed by atoms with Crippen LogP contribution in [-0.4, -0.2) is 50.8 Å². The van der Waals surface area contributed by atoms with Crippen molar-refractivity contribution in [1.29, 1.82) is 0 Å². The van der Waals surface area contributed by atoms with Crippen LogP contribution in [0.5, 0.6) is 0 Å². The van der Waals surface area contributed by atoms with Gasteiger partial charge in [-0.05, 0) is 24.6 Å². The lowest BCUT2D eigenvalue weighted by molar-refractivity contribution is -0.133. The summed E-state index contributed by atoms with van der Waals surface area (Å²) >= 11 is 6.36. The van der Waals surface area contributed by atoms with Gasteiger partial charge in [0.05, 0.1) is 18.2 Å². The molecule has 0 spiro atoms. The van der Waals surface area contributed by atoms with E-state index in [1.54, 1.807) is 26.9 Å². The second-order valence-electron chi connectivity index (χ2n) is 7.74. The Hall–Kier alpha value is -2.84. The summed E-state index contributed by atoms with van der Waals surface area (Å²) in [6.07, 6.45) is 2.87. The first-order valence-electron chi connectivity index (χ1n) is 10.2. The smallest absolute Gasteiger partial charge is 0.272 e. The summed E-state index contributed by atoms with van der Waals surface area (Å²) in [6, 6.07) is 9.37. The molecule has 0 radical (unpaired) electrons. The average Bonchev–Trinajstić information content (AvgIpc) is 3.40. The maximum absolute atomic E-state index is 13.3. The molecule has 8 nitrogen and oxygen atoms in total. The Balaban J connectivity index is 1.34. The number of fused-ring (bicyclic) bond motifs is 1. The van der Waals surface area contributed by atoms with Crippen LogP contribution in [-0.2, 0) is 11.3 Å². The van der Waals surface area contributed by atoms with Gasteiger partial charge in [0.15, 0.2) is 0 Å². The van der Waals surface area contributed by atoms with Gasteiger partial charge < -0.3 is 10.2 Å². The van der Waals surface area contributed by atoms with Crippen LogP contribution in [0.3, 0.4) is 0 Å². The Morgan fingerprint density at radius 3 is 2.93 bits per heavy atom. The monoisotopic (exact) mass is 426 g/mol. The molecule has 2 amide bonds. The molecule has 0 bridgehead atoms. The van der Waals surface area contributed by atoms with Crippen LogP contribution in [0.4, 0.5) is 0 Å². The molecule has 1 saturated heterocycles. The van der Waals surface area contributed by atoms with Crippen molar-refractivity contribution < 1.29 is 9.59 Å². The van der Waals surface area contributed by atoms with Crippen LogP contribution < -0.4 is 10.7 Å². The quantitative estimate of drug-likeness (QED) is 0.785. The number of halogens is 1. The van der Waals surface area contributed by atoms with Crippen LogP contribution >= 0.6 is 11.6 Å². The first-order chi connectivity index (χ1) is 14.6. The number of hydrogen-bond donors (Lipinski definition) is 2. The fourth-order valence-corrected chi connectivity index (χ4v) is 4.75. The Labute approximate surface area is 179 Å². The molecule has 4 heterocycles. The van der Waals surface area contributed by atoms with Crippen LogP contribution in [0.1, 0.15) is 41.9 Å². The largest absolute Gasteiger partial charge is 0.367 e. The van der Waals surface area contributed by atoms with Gasteiger partial charge in [-0.3, -0.25) is 19.3 Å². The first kappa shape index (κ1) is 19.1. The van der Waals surface area contributed by atoms with Gasteiger partial charge in [-0.15, -0.1) is 0 Å². The van der Waals surface area contributed by atoms with Crippen LogP contribution in [0.25, 0.3) is 0 Å². The van der Waals surface area contributed by atoms with Gasteiger partial charge in [-0.1, -0.05) is 29.8 Å². The third-order valence-corrected chi connectivity index (χ3v) is 6.38. The van der Waals surface area contributed by atoms with E-state index in [4.69, 9.17) is 11.6 Å². The van der Waals surface area contributed by atoms with Gasteiger partial charge in [-0.25, -0.2) is 5.43 Å². The highest BCUT2D eigenvalue weighted by molar-refractivity contribution is 6.31. The Morgan fingerprint density at radius 2 is 2.13 bits per heavy atom. The Kier molecular flexibility index (Phi) is 4.75. The zero-order valence-electron chi connectivity index (χ0n) is 16.6. The molecule has 156 valence electrons. The van der Waals surface area contributed by atoms with Crippen LogP contribution in [0.2, 0.25) is 5.02 Å². The standard InChI is InChI=1S/C21H23ClN6O2/c1-2-27-18(7-9-23-27)21(30)26-10-8-16-14(12-26)20(29)28-19(24-16)11-17(25-28)13-5-3-4-6-15(13)22/h3-7,9,17,19,24-25H,2,8,10-12H2,1H3. The summed E-state index contributed by atoms with van der Waals surface area (Å²) in [5.74, 6) is -0.177. The van der Waals surface area contributed by atoms with E-state index in [1.807, 2.05) is 31.2 Å². The zero-order chi connectivity index (χ0) is 20.8. The summed E-state index contributed by atoms with van der Waals surface area (Å²) in [5.41, 5.74) is 6.42. The van der Waals surface area contributed by atoms with Crippen molar-refractivity contribution in [2.45, 2.75) is 38.5 Å². The second-order valence-corrected chi connectivity index (χ2v) is 8.15. The predicted molar refractivity (Wildman–Crippen MR) is 111 cm³/mol. The summed E-state index contributed by atoms with van der Waals surface area (Å²) in [5, 5.41) is 10.0. The van der Waals surface area contributed by atoms with E-state index in [2.05, 4.69) is 15.8 Å². The maximum Gasteiger partial charge on any atom is 0.272 e. The molecule has 2 aromatic rings. The minimum atomic E-state index is -0.124. The van der Waals surface area contributed by atoms with E-state index in [-0.39, 0.29) is 30.6 Å². The molecule has 2 atom stereocenters. The molecule has 9 heteroatoms. The molecule has 2 unspecified atom stereocenters. The molecular formula is C21H23ClN6O2. The van der Waals surface area contributed by atoms with Crippen molar-refractivity contribution in [3.8, 4) is 0 Å². The number of aromatic nitrogens is 2. The van der Waals surface area contributed by atoms with Gasteiger partial charge >= 0.3 is 0 Å².